The normalized spacial score (nSPS) is 20.3. The van der Waals surface area contributed by atoms with Gasteiger partial charge in [-0.1, -0.05) is 39.2 Å². The average Bonchev–Trinajstić information content (AvgIpc) is 2.77. The van der Waals surface area contributed by atoms with Crippen LogP contribution in [0.25, 0.3) is 0 Å². The van der Waals surface area contributed by atoms with Crippen molar-refractivity contribution in [2.75, 3.05) is 32.8 Å². The molecule has 8 heteroatoms. The zero-order valence-corrected chi connectivity index (χ0v) is 18.4. The number of hydrogen-bond acceptors (Lipinski definition) is 4. The van der Waals surface area contributed by atoms with Crippen LogP contribution in [0, 0.1) is 17.6 Å². The van der Waals surface area contributed by atoms with Crippen LogP contribution in [-0.4, -0.2) is 61.1 Å². The molecule has 2 fully saturated rings. The Hall–Kier alpha value is -2.06. The second kappa shape index (κ2) is 10.5. The highest BCUT2D eigenvalue weighted by atomic mass is 19.1. The first kappa shape index (κ1) is 23.6. The SMILES string of the molecule is CC(C)C(NC(=O)c1c(F)cccc1F)C(=O)NCC1(N2CCOCC2)CCCCC1. The molecule has 3 rings (SSSR count). The van der Waals surface area contributed by atoms with Gasteiger partial charge in [0.05, 0.1) is 13.2 Å². The summed E-state index contributed by atoms with van der Waals surface area (Å²) in [6, 6.07) is 2.36. The van der Waals surface area contributed by atoms with Crippen molar-refractivity contribution in [1.82, 2.24) is 15.5 Å². The maximum Gasteiger partial charge on any atom is 0.257 e. The molecule has 1 atom stereocenters. The van der Waals surface area contributed by atoms with E-state index in [0.29, 0.717) is 19.8 Å². The summed E-state index contributed by atoms with van der Waals surface area (Å²) in [7, 11) is 0. The number of benzene rings is 1. The molecule has 0 radical (unpaired) electrons. The number of nitrogens with zero attached hydrogens (tertiary/aromatic N) is 1. The molecule has 1 heterocycles. The Morgan fingerprint density at radius 1 is 1.10 bits per heavy atom. The molecule has 1 saturated carbocycles. The summed E-state index contributed by atoms with van der Waals surface area (Å²) in [4.78, 5) is 28.0. The van der Waals surface area contributed by atoms with Crippen LogP contribution >= 0.6 is 0 Å². The van der Waals surface area contributed by atoms with Crippen molar-refractivity contribution >= 4 is 11.8 Å². The first-order chi connectivity index (χ1) is 14.8. The maximum absolute atomic E-state index is 14.0. The standard InChI is InChI=1S/C23H33F2N3O3/c1-16(2)20(27-21(29)19-17(24)7-6-8-18(19)25)22(30)26-15-23(9-4-3-5-10-23)28-11-13-31-14-12-28/h6-8,16,20H,3-5,9-15H2,1-2H3,(H,26,30)(H,27,29). The number of morpholine rings is 1. The lowest BCUT2D eigenvalue weighted by molar-refractivity contribution is -0.125. The Kier molecular flexibility index (Phi) is 8.00. The molecule has 31 heavy (non-hydrogen) atoms. The van der Waals surface area contributed by atoms with E-state index < -0.39 is 29.1 Å². The van der Waals surface area contributed by atoms with Crippen molar-refractivity contribution in [3.63, 3.8) is 0 Å². The Bertz CT molecular complexity index is 755. The van der Waals surface area contributed by atoms with Crippen LogP contribution in [0.3, 0.4) is 0 Å². The molecule has 2 N–H and O–H groups in total. The van der Waals surface area contributed by atoms with E-state index in [1.165, 1.54) is 12.5 Å². The second-order valence-electron chi connectivity index (χ2n) is 8.89. The van der Waals surface area contributed by atoms with Gasteiger partial charge in [0.25, 0.3) is 5.91 Å². The molecule has 1 saturated heterocycles. The molecular formula is C23H33F2N3O3. The maximum atomic E-state index is 14.0. The summed E-state index contributed by atoms with van der Waals surface area (Å²) in [5, 5.41) is 5.56. The molecule has 2 aliphatic rings. The third-order valence-corrected chi connectivity index (χ3v) is 6.48. The number of carbonyl (C=O) groups excluding carboxylic acids is 2. The molecule has 0 spiro atoms. The lowest BCUT2D eigenvalue weighted by Gasteiger charge is -2.48. The third-order valence-electron chi connectivity index (χ3n) is 6.48. The van der Waals surface area contributed by atoms with E-state index in [1.807, 2.05) is 0 Å². The summed E-state index contributed by atoms with van der Waals surface area (Å²) in [6.45, 7) is 7.13. The van der Waals surface area contributed by atoms with Crippen molar-refractivity contribution < 1.29 is 23.1 Å². The van der Waals surface area contributed by atoms with Gasteiger partial charge in [0.15, 0.2) is 0 Å². The van der Waals surface area contributed by atoms with E-state index in [1.54, 1.807) is 13.8 Å². The average molecular weight is 438 g/mol. The molecule has 1 aliphatic carbocycles. The molecule has 172 valence electrons. The number of rotatable bonds is 7. The van der Waals surface area contributed by atoms with E-state index in [-0.39, 0.29) is 17.4 Å². The number of nitrogens with one attached hydrogen (secondary N) is 2. The Balaban J connectivity index is 1.69. The Morgan fingerprint density at radius 3 is 2.29 bits per heavy atom. The van der Waals surface area contributed by atoms with Gasteiger partial charge >= 0.3 is 0 Å². The minimum Gasteiger partial charge on any atom is -0.379 e. The predicted molar refractivity (Wildman–Crippen MR) is 114 cm³/mol. The van der Waals surface area contributed by atoms with Gasteiger partial charge in [-0.2, -0.15) is 0 Å². The van der Waals surface area contributed by atoms with Crippen molar-refractivity contribution in [3.05, 3.63) is 35.4 Å². The molecule has 0 aromatic heterocycles. The fourth-order valence-electron chi connectivity index (χ4n) is 4.68. The lowest BCUT2D eigenvalue weighted by atomic mass is 9.79. The van der Waals surface area contributed by atoms with Crippen LogP contribution in [0.5, 0.6) is 0 Å². The summed E-state index contributed by atoms with van der Waals surface area (Å²) >= 11 is 0. The molecule has 1 unspecified atom stereocenters. The largest absolute Gasteiger partial charge is 0.379 e. The second-order valence-corrected chi connectivity index (χ2v) is 8.89. The minimum atomic E-state index is -0.950. The molecule has 1 aromatic carbocycles. The number of carbonyl (C=O) groups is 2. The number of ether oxygens (including phenoxy) is 1. The smallest absolute Gasteiger partial charge is 0.257 e. The van der Waals surface area contributed by atoms with Crippen molar-refractivity contribution in [1.29, 1.82) is 0 Å². The summed E-state index contributed by atoms with van der Waals surface area (Å²) in [6.07, 6.45) is 5.44. The van der Waals surface area contributed by atoms with Crippen LogP contribution in [0.1, 0.15) is 56.3 Å². The Morgan fingerprint density at radius 2 is 1.71 bits per heavy atom. The van der Waals surface area contributed by atoms with Crippen molar-refractivity contribution in [3.8, 4) is 0 Å². The fourth-order valence-corrected chi connectivity index (χ4v) is 4.68. The van der Waals surface area contributed by atoms with Crippen LogP contribution < -0.4 is 10.6 Å². The van der Waals surface area contributed by atoms with Gasteiger partial charge in [0, 0.05) is 25.2 Å². The third kappa shape index (κ3) is 5.60. The quantitative estimate of drug-likeness (QED) is 0.688. The first-order valence-corrected chi connectivity index (χ1v) is 11.2. The van der Waals surface area contributed by atoms with E-state index in [2.05, 4.69) is 15.5 Å². The van der Waals surface area contributed by atoms with E-state index in [9.17, 15) is 18.4 Å². The van der Waals surface area contributed by atoms with Crippen LogP contribution in [0.15, 0.2) is 18.2 Å². The molecule has 1 aromatic rings. The molecule has 0 bridgehead atoms. The molecule has 2 amide bonds. The van der Waals surface area contributed by atoms with Crippen molar-refractivity contribution in [2.24, 2.45) is 5.92 Å². The number of halogens is 2. The highest BCUT2D eigenvalue weighted by Gasteiger charge is 2.39. The van der Waals surface area contributed by atoms with Gasteiger partial charge in [0.1, 0.15) is 23.2 Å². The highest BCUT2D eigenvalue weighted by molar-refractivity contribution is 5.98. The van der Waals surface area contributed by atoms with Crippen LogP contribution in [0.4, 0.5) is 8.78 Å². The summed E-state index contributed by atoms with van der Waals surface area (Å²) in [5.41, 5.74) is -0.779. The number of hydrogen-bond donors (Lipinski definition) is 2. The van der Waals surface area contributed by atoms with Gasteiger partial charge in [0.2, 0.25) is 5.91 Å². The zero-order valence-electron chi connectivity index (χ0n) is 18.4. The predicted octanol–water partition coefficient (Wildman–Crippen LogP) is 2.87. The van der Waals surface area contributed by atoms with E-state index in [0.717, 1.165) is 50.9 Å². The Labute approximate surface area is 182 Å². The van der Waals surface area contributed by atoms with Gasteiger partial charge in [-0.05, 0) is 30.9 Å². The lowest BCUT2D eigenvalue weighted by Crippen LogP contribution is -2.61. The van der Waals surface area contributed by atoms with Gasteiger partial charge in [-0.15, -0.1) is 0 Å². The van der Waals surface area contributed by atoms with Crippen molar-refractivity contribution in [2.45, 2.75) is 57.5 Å². The summed E-state index contributed by atoms with van der Waals surface area (Å²) in [5.74, 6) is -3.41. The number of amides is 2. The molecular weight excluding hydrogens is 404 g/mol. The summed E-state index contributed by atoms with van der Waals surface area (Å²) < 4.78 is 33.5. The highest BCUT2D eigenvalue weighted by Crippen LogP contribution is 2.34. The van der Waals surface area contributed by atoms with Gasteiger partial charge in [-0.3, -0.25) is 14.5 Å². The molecule has 1 aliphatic heterocycles. The van der Waals surface area contributed by atoms with Gasteiger partial charge in [-0.25, -0.2) is 8.78 Å². The minimum absolute atomic E-state index is 0.110. The van der Waals surface area contributed by atoms with Crippen LogP contribution in [-0.2, 0) is 9.53 Å². The zero-order chi connectivity index (χ0) is 22.4. The fraction of sp³-hybridized carbons (Fsp3) is 0.652. The van der Waals surface area contributed by atoms with Gasteiger partial charge < -0.3 is 15.4 Å². The van der Waals surface area contributed by atoms with E-state index >= 15 is 0 Å². The monoisotopic (exact) mass is 437 g/mol. The van der Waals surface area contributed by atoms with E-state index in [4.69, 9.17) is 4.74 Å². The molecule has 6 nitrogen and oxygen atoms in total. The first-order valence-electron chi connectivity index (χ1n) is 11.2. The van der Waals surface area contributed by atoms with Crippen LogP contribution in [0.2, 0.25) is 0 Å². The topological polar surface area (TPSA) is 70.7 Å².